The van der Waals surface area contributed by atoms with E-state index in [-0.39, 0.29) is 12.6 Å². The van der Waals surface area contributed by atoms with Crippen molar-refractivity contribution in [2.24, 2.45) is 5.73 Å². The van der Waals surface area contributed by atoms with Crippen LogP contribution in [0.2, 0.25) is 0 Å². The van der Waals surface area contributed by atoms with Crippen molar-refractivity contribution in [1.82, 2.24) is 0 Å². The van der Waals surface area contributed by atoms with Gasteiger partial charge in [-0.25, -0.2) is 0 Å². The Hall–Kier alpha value is -1.39. The molecular formula is C10H12N2O2. The number of aryl methyl sites for hydroxylation is 1. The summed E-state index contributed by atoms with van der Waals surface area (Å²) >= 11 is 0. The average Bonchev–Trinajstić information content (AvgIpc) is 2.23. The first kappa shape index (κ1) is 9.18. The van der Waals surface area contributed by atoms with E-state index in [1.165, 1.54) is 5.06 Å². The van der Waals surface area contributed by atoms with Crippen LogP contribution < -0.4 is 10.8 Å². The number of rotatable bonds is 2. The predicted octanol–water partition coefficient (Wildman–Crippen LogP) is 0.814. The summed E-state index contributed by atoms with van der Waals surface area (Å²) in [5.74, 6) is -0.0332. The maximum atomic E-state index is 11.5. The lowest BCUT2D eigenvalue weighted by Gasteiger charge is -2.27. The van der Waals surface area contributed by atoms with Crippen LogP contribution in [0.25, 0.3) is 0 Å². The third-order valence-corrected chi connectivity index (χ3v) is 2.25. The number of anilines is 1. The molecule has 0 saturated carbocycles. The summed E-state index contributed by atoms with van der Waals surface area (Å²) in [6.07, 6.45) is 1.26. The summed E-state index contributed by atoms with van der Waals surface area (Å²) in [5.41, 5.74) is 7.20. The first-order valence-electron chi connectivity index (χ1n) is 4.57. The van der Waals surface area contributed by atoms with Gasteiger partial charge in [0.15, 0.2) is 0 Å². The number of carbonyl (C=O) groups excluding carboxylic acids is 1. The molecule has 2 N–H and O–H groups in total. The molecule has 74 valence electrons. The minimum atomic E-state index is -0.0332. The van der Waals surface area contributed by atoms with E-state index in [0.29, 0.717) is 6.42 Å². The standard InChI is InChI=1S/C10H12N2O2/c11-7-14-12-9-4-2-1-3-8(9)5-6-10(12)13/h1-4H,5-7,11H2. The molecule has 0 fully saturated rings. The molecule has 1 aromatic rings. The second kappa shape index (κ2) is 3.77. The van der Waals surface area contributed by atoms with Crippen molar-refractivity contribution in [3.63, 3.8) is 0 Å². The molecule has 0 aromatic heterocycles. The van der Waals surface area contributed by atoms with Gasteiger partial charge in [-0.15, -0.1) is 0 Å². The van der Waals surface area contributed by atoms with Crippen molar-refractivity contribution in [2.75, 3.05) is 11.8 Å². The van der Waals surface area contributed by atoms with E-state index >= 15 is 0 Å². The molecule has 0 aliphatic carbocycles. The van der Waals surface area contributed by atoms with Crippen molar-refractivity contribution < 1.29 is 9.63 Å². The van der Waals surface area contributed by atoms with E-state index in [0.717, 1.165) is 17.7 Å². The fourth-order valence-corrected chi connectivity index (χ4v) is 1.61. The molecule has 1 aliphatic rings. The maximum absolute atomic E-state index is 11.5. The number of nitrogens with two attached hydrogens (primary N) is 1. The van der Waals surface area contributed by atoms with Gasteiger partial charge in [0.05, 0.1) is 5.69 Å². The Morgan fingerprint density at radius 1 is 1.36 bits per heavy atom. The third-order valence-electron chi connectivity index (χ3n) is 2.25. The van der Waals surface area contributed by atoms with Gasteiger partial charge in [-0.05, 0) is 18.1 Å². The van der Waals surface area contributed by atoms with Gasteiger partial charge in [0.2, 0.25) is 0 Å². The summed E-state index contributed by atoms with van der Waals surface area (Å²) in [7, 11) is 0. The van der Waals surface area contributed by atoms with E-state index < -0.39 is 0 Å². The van der Waals surface area contributed by atoms with E-state index in [1.54, 1.807) is 0 Å². The zero-order valence-corrected chi connectivity index (χ0v) is 7.77. The molecule has 14 heavy (non-hydrogen) atoms. The van der Waals surface area contributed by atoms with E-state index in [2.05, 4.69) is 0 Å². The zero-order valence-electron chi connectivity index (χ0n) is 7.77. The highest BCUT2D eigenvalue weighted by molar-refractivity contribution is 5.94. The second-order valence-corrected chi connectivity index (χ2v) is 3.11. The van der Waals surface area contributed by atoms with Gasteiger partial charge in [0, 0.05) is 6.42 Å². The fraction of sp³-hybridized carbons (Fsp3) is 0.300. The second-order valence-electron chi connectivity index (χ2n) is 3.11. The van der Waals surface area contributed by atoms with Crippen LogP contribution in [0, 0.1) is 0 Å². The summed E-state index contributed by atoms with van der Waals surface area (Å²) < 4.78 is 0. The predicted molar refractivity (Wildman–Crippen MR) is 52.4 cm³/mol. The molecule has 0 bridgehead atoms. The number of benzene rings is 1. The van der Waals surface area contributed by atoms with E-state index in [1.807, 2.05) is 24.3 Å². The highest BCUT2D eigenvalue weighted by Gasteiger charge is 2.24. The molecule has 0 atom stereocenters. The van der Waals surface area contributed by atoms with Gasteiger partial charge < -0.3 is 5.73 Å². The number of para-hydroxylation sites is 1. The Morgan fingerprint density at radius 3 is 2.93 bits per heavy atom. The number of hydroxylamine groups is 1. The van der Waals surface area contributed by atoms with Gasteiger partial charge in [0.1, 0.15) is 6.73 Å². The van der Waals surface area contributed by atoms with Crippen LogP contribution in [0.4, 0.5) is 5.69 Å². The van der Waals surface area contributed by atoms with Gasteiger partial charge in [-0.2, -0.15) is 5.06 Å². The van der Waals surface area contributed by atoms with Gasteiger partial charge in [-0.1, -0.05) is 18.2 Å². The summed E-state index contributed by atoms with van der Waals surface area (Å²) in [4.78, 5) is 16.6. The number of amides is 1. The topological polar surface area (TPSA) is 55.6 Å². The van der Waals surface area contributed by atoms with Crippen LogP contribution in [0.3, 0.4) is 0 Å². The Morgan fingerprint density at radius 2 is 2.14 bits per heavy atom. The van der Waals surface area contributed by atoms with Crippen LogP contribution >= 0.6 is 0 Å². The molecular weight excluding hydrogens is 180 g/mol. The minimum Gasteiger partial charge on any atom is -0.306 e. The lowest BCUT2D eigenvalue weighted by molar-refractivity contribution is -0.126. The maximum Gasteiger partial charge on any atom is 0.251 e. The van der Waals surface area contributed by atoms with Gasteiger partial charge in [0.25, 0.3) is 5.91 Å². The van der Waals surface area contributed by atoms with E-state index in [4.69, 9.17) is 10.6 Å². The molecule has 1 aromatic carbocycles. The number of hydrogen-bond donors (Lipinski definition) is 1. The van der Waals surface area contributed by atoms with Crippen molar-refractivity contribution in [3.8, 4) is 0 Å². The monoisotopic (exact) mass is 192 g/mol. The number of carbonyl (C=O) groups is 1. The van der Waals surface area contributed by atoms with Crippen LogP contribution in [-0.4, -0.2) is 12.6 Å². The number of nitrogens with zero attached hydrogens (tertiary/aromatic N) is 1. The number of fused-ring (bicyclic) bond motifs is 1. The van der Waals surface area contributed by atoms with Crippen LogP contribution in [0.5, 0.6) is 0 Å². The molecule has 4 nitrogen and oxygen atoms in total. The SMILES string of the molecule is NCON1C(=O)CCc2ccccc21. The summed E-state index contributed by atoms with van der Waals surface area (Å²) in [6, 6.07) is 7.69. The normalized spacial score (nSPS) is 15.5. The lowest BCUT2D eigenvalue weighted by atomic mass is 10.0. The molecule has 0 unspecified atom stereocenters. The molecule has 0 spiro atoms. The van der Waals surface area contributed by atoms with Crippen LogP contribution in [-0.2, 0) is 16.1 Å². The summed E-state index contributed by atoms with van der Waals surface area (Å²) in [5, 5.41) is 1.29. The quantitative estimate of drug-likeness (QED) is 0.705. The average molecular weight is 192 g/mol. The van der Waals surface area contributed by atoms with Crippen molar-refractivity contribution in [3.05, 3.63) is 29.8 Å². The van der Waals surface area contributed by atoms with Crippen LogP contribution in [0.1, 0.15) is 12.0 Å². The van der Waals surface area contributed by atoms with E-state index in [9.17, 15) is 4.79 Å². The Bertz CT molecular complexity index is 352. The molecule has 0 radical (unpaired) electrons. The Labute approximate surface area is 82.2 Å². The van der Waals surface area contributed by atoms with Crippen LogP contribution in [0.15, 0.2) is 24.3 Å². The first-order valence-corrected chi connectivity index (χ1v) is 4.57. The Balaban J connectivity index is 2.36. The van der Waals surface area contributed by atoms with Crippen molar-refractivity contribution in [2.45, 2.75) is 12.8 Å². The molecule has 0 saturated heterocycles. The fourth-order valence-electron chi connectivity index (χ4n) is 1.61. The summed E-state index contributed by atoms with van der Waals surface area (Å²) in [6.45, 7) is 0.0140. The largest absolute Gasteiger partial charge is 0.306 e. The molecule has 1 aliphatic heterocycles. The lowest BCUT2D eigenvalue weighted by Crippen LogP contribution is -2.36. The molecule has 1 heterocycles. The first-order chi connectivity index (χ1) is 6.83. The molecule has 4 heteroatoms. The third kappa shape index (κ3) is 1.49. The van der Waals surface area contributed by atoms with Gasteiger partial charge >= 0.3 is 0 Å². The molecule has 1 amide bonds. The number of hydrogen-bond acceptors (Lipinski definition) is 3. The minimum absolute atomic E-state index is 0.0140. The Kier molecular flexibility index (Phi) is 2.47. The van der Waals surface area contributed by atoms with Gasteiger partial charge in [-0.3, -0.25) is 9.63 Å². The highest BCUT2D eigenvalue weighted by Crippen LogP contribution is 2.27. The highest BCUT2D eigenvalue weighted by atomic mass is 16.7. The van der Waals surface area contributed by atoms with Crippen molar-refractivity contribution >= 4 is 11.6 Å². The molecule has 2 rings (SSSR count). The zero-order chi connectivity index (χ0) is 9.97. The van der Waals surface area contributed by atoms with Crippen molar-refractivity contribution in [1.29, 1.82) is 0 Å². The smallest absolute Gasteiger partial charge is 0.251 e.